The summed E-state index contributed by atoms with van der Waals surface area (Å²) in [5.41, 5.74) is 3.28. The van der Waals surface area contributed by atoms with Crippen molar-refractivity contribution < 1.29 is 23.9 Å². The molecule has 0 amide bonds. The zero-order chi connectivity index (χ0) is 25.7. The van der Waals surface area contributed by atoms with Gasteiger partial charge in [0.1, 0.15) is 0 Å². The maximum absolute atomic E-state index is 13.3. The van der Waals surface area contributed by atoms with E-state index >= 15 is 0 Å². The molecule has 8 nitrogen and oxygen atoms in total. The first-order chi connectivity index (χ1) is 17.4. The molecule has 2 aliphatic carbocycles. The number of benzene rings is 2. The van der Waals surface area contributed by atoms with Crippen LogP contribution in [0.5, 0.6) is 0 Å². The second-order valence-corrected chi connectivity index (χ2v) is 9.14. The SMILES string of the molecule is CCOC(=O)/C(CC(=O)c1cccc2c1C(=O)c1ccccc1C2=O)=N\NC(=S)NC1CCCCC1. The van der Waals surface area contributed by atoms with Gasteiger partial charge >= 0.3 is 5.97 Å². The van der Waals surface area contributed by atoms with Crippen LogP contribution in [0.15, 0.2) is 47.6 Å². The lowest BCUT2D eigenvalue weighted by molar-refractivity contribution is -0.135. The Balaban J connectivity index is 1.57. The third-order valence-electron chi connectivity index (χ3n) is 6.32. The van der Waals surface area contributed by atoms with Crippen molar-refractivity contribution in [2.45, 2.75) is 51.5 Å². The summed E-state index contributed by atoms with van der Waals surface area (Å²) in [5.74, 6) is -2.03. The van der Waals surface area contributed by atoms with Crippen LogP contribution in [0, 0.1) is 0 Å². The van der Waals surface area contributed by atoms with E-state index in [1.54, 1.807) is 37.3 Å². The van der Waals surface area contributed by atoms with E-state index < -0.39 is 24.0 Å². The van der Waals surface area contributed by atoms with Gasteiger partial charge in [-0.1, -0.05) is 61.7 Å². The van der Waals surface area contributed by atoms with Crippen LogP contribution in [0.4, 0.5) is 0 Å². The summed E-state index contributed by atoms with van der Waals surface area (Å²) >= 11 is 5.31. The summed E-state index contributed by atoms with van der Waals surface area (Å²) in [4.78, 5) is 52.1. The molecule has 0 radical (unpaired) electrons. The molecule has 2 aromatic rings. The summed E-state index contributed by atoms with van der Waals surface area (Å²) in [7, 11) is 0. The number of ether oxygens (including phenoxy) is 1. The molecule has 2 N–H and O–H groups in total. The number of hydrogen-bond donors (Lipinski definition) is 2. The van der Waals surface area contributed by atoms with Crippen molar-refractivity contribution in [2.75, 3.05) is 6.61 Å². The van der Waals surface area contributed by atoms with Crippen molar-refractivity contribution in [3.05, 3.63) is 70.3 Å². The summed E-state index contributed by atoms with van der Waals surface area (Å²) in [6.45, 7) is 1.75. The highest BCUT2D eigenvalue weighted by atomic mass is 32.1. The minimum Gasteiger partial charge on any atom is -0.461 e. The van der Waals surface area contributed by atoms with Crippen molar-refractivity contribution in [1.82, 2.24) is 10.7 Å². The maximum Gasteiger partial charge on any atom is 0.354 e. The van der Waals surface area contributed by atoms with Crippen LogP contribution in [0.3, 0.4) is 0 Å². The summed E-state index contributed by atoms with van der Waals surface area (Å²) in [6.07, 6.45) is 5.03. The van der Waals surface area contributed by atoms with Crippen molar-refractivity contribution in [1.29, 1.82) is 0 Å². The number of hydrogen-bond acceptors (Lipinski definition) is 7. The van der Waals surface area contributed by atoms with E-state index in [0.717, 1.165) is 25.7 Å². The Labute approximate surface area is 214 Å². The van der Waals surface area contributed by atoms with Crippen LogP contribution in [-0.4, -0.2) is 46.8 Å². The standard InChI is InChI=1S/C27H27N3O5S/c1-2-35-26(34)21(29-30-27(36)28-16-9-4-3-5-10-16)15-22(31)19-13-8-14-20-23(19)25(33)18-12-7-6-11-17(18)24(20)32/h6-8,11-14,16H,2-5,9-10,15H2,1H3,(H2,28,30,36)/b29-21-. The first kappa shape index (κ1) is 25.4. The third-order valence-corrected chi connectivity index (χ3v) is 6.53. The second kappa shape index (κ2) is 11.3. The predicted molar refractivity (Wildman–Crippen MR) is 139 cm³/mol. The first-order valence-electron chi connectivity index (χ1n) is 12.1. The zero-order valence-corrected chi connectivity index (χ0v) is 20.8. The molecule has 0 unspecified atom stereocenters. The zero-order valence-electron chi connectivity index (χ0n) is 20.0. The Hall–Kier alpha value is -3.72. The van der Waals surface area contributed by atoms with Gasteiger partial charge in [-0.05, 0) is 32.0 Å². The Kier molecular flexibility index (Phi) is 8.00. The molecule has 0 bridgehead atoms. The maximum atomic E-state index is 13.3. The molecule has 0 aliphatic heterocycles. The lowest BCUT2D eigenvalue weighted by Crippen LogP contribution is -2.41. The molecule has 0 saturated heterocycles. The molecule has 2 aliphatic rings. The normalized spacial score (nSPS) is 15.5. The fourth-order valence-corrected chi connectivity index (χ4v) is 4.79. The molecule has 0 spiro atoms. The van der Waals surface area contributed by atoms with Gasteiger partial charge in [0.2, 0.25) is 0 Å². The fourth-order valence-electron chi connectivity index (χ4n) is 4.58. The molecule has 36 heavy (non-hydrogen) atoms. The molecule has 0 atom stereocenters. The molecule has 4 rings (SSSR count). The molecule has 1 saturated carbocycles. The molecule has 2 aromatic carbocycles. The minimum atomic E-state index is -0.767. The monoisotopic (exact) mass is 505 g/mol. The Morgan fingerprint density at radius 3 is 2.33 bits per heavy atom. The van der Waals surface area contributed by atoms with Crippen molar-refractivity contribution in [3.8, 4) is 0 Å². The molecule has 0 heterocycles. The molecule has 0 aromatic heterocycles. The van der Waals surface area contributed by atoms with Crippen molar-refractivity contribution in [3.63, 3.8) is 0 Å². The highest BCUT2D eigenvalue weighted by Gasteiger charge is 2.33. The summed E-state index contributed by atoms with van der Waals surface area (Å²) in [6, 6.07) is 11.3. The van der Waals surface area contributed by atoms with Crippen LogP contribution in [0.1, 0.15) is 87.6 Å². The number of rotatable bonds is 7. The molecule has 9 heteroatoms. The fraction of sp³-hybridized carbons (Fsp3) is 0.333. The lowest BCUT2D eigenvalue weighted by atomic mass is 9.80. The van der Waals surface area contributed by atoms with E-state index in [9.17, 15) is 19.2 Å². The average Bonchev–Trinajstić information content (AvgIpc) is 2.89. The molecule has 1 fully saturated rings. The highest BCUT2D eigenvalue weighted by Crippen LogP contribution is 2.30. The quantitative estimate of drug-likeness (QED) is 0.164. The van der Waals surface area contributed by atoms with E-state index in [2.05, 4.69) is 15.8 Å². The van der Waals surface area contributed by atoms with Gasteiger partial charge in [0.15, 0.2) is 28.2 Å². The largest absolute Gasteiger partial charge is 0.461 e. The number of nitrogens with zero attached hydrogens (tertiary/aromatic N) is 1. The predicted octanol–water partition coefficient (Wildman–Crippen LogP) is 3.75. The number of Topliss-reactive ketones (excluding diaryl/α,β-unsaturated/α-hetero) is 1. The Morgan fingerprint density at radius 1 is 0.972 bits per heavy atom. The molecular weight excluding hydrogens is 478 g/mol. The van der Waals surface area contributed by atoms with E-state index in [1.165, 1.54) is 18.6 Å². The number of carbonyl (C=O) groups is 4. The second-order valence-electron chi connectivity index (χ2n) is 8.73. The molecular formula is C27H27N3O5S. The van der Waals surface area contributed by atoms with Crippen LogP contribution in [-0.2, 0) is 9.53 Å². The van der Waals surface area contributed by atoms with Crippen LogP contribution in [0.2, 0.25) is 0 Å². The highest BCUT2D eigenvalue weighted by molar-refractivity contribution is 7.80. The number of thiocarbonyl (C=S) groups is 1. The van der Waals surface area contributed by atoms with E-state index in [-0.39, 0.29) is 51.5 Å². The van der Waals surface area contributed by atoms with Crippen molar-refractivity contribution in [2.24, 2.45) is 5.10 Å². The van der Waals surface area contributed by atoms with Gasteiger partial charge in [-0.25, -0.2) is 4.79 Å². The van der Waals surface area contributed by atoms with Gasteiger partial charge in [-0.15, -0.1) is 0 Å². The Bertz CT molecular complexity index is 1260. The number of carbonyl (C=O) groups excluding carboxylic acids is 4. The third kappa shape index (κ3) is 5.41. The van der Waals surface area contributed by atoms with Crippen molar-refractivity contribution >= 4 is 46.4 Å². The van der Waals surface area contributed by atoms with Gasteiger partial charge in [-0.3, -0.25) is 19.8 Å². The lowest BCUT2D eigenvalue weighted by Gasteiger charge is -2.23. The van der Waals surface area contributed by atoms with Crippen LogP contribution in [0.25, 0.3) is 0 Å². The van der Waals surface area contributed by atoms with Gasteiger partial charge in [0.05, 0.1) is 13.0 Å². The Morgan fingerprint density at radius 2 is 1.64 bits per heavy atom. The van der Waals surface area contributed by atoms with E-state index in [4.69, 9.17) is 17.0 Å². The topological polar surface area (TPSA) is 114 Å². The van der Waals surface area contributed by atoms with Gasteiger partial charge in [0, 0.05) is 33.9 Å². The number of ketones is 3. The van der Waals surface area contributed by atoms with Crippen LogP contribution >= 0.6 is 12.2 Å². The first-order valence-corrected chi connectivity index (χ1v) is 12.5. The van der Waals surface area contributed by atoms with Gasteiger partial charge < -0.3 is 10.1 Å². The van der Waals surface area contributed by atoms with Gasteiger partial charge in [-0.2, -0.15) is 5.10 Å². The number of esters is 1. The number of nitrogens with one attached hydrogen (secondary N) is 2. The van der Waals surface area contributed by atoms with E-state index in [0.29, 0.717) is 5.56 Å². The van der Waals surface area contributed by atoms with Gasteiger partial charge in [0.25, 0.3) is 0 Å². The summed E-state index contributed by atoms with van der Waals surface area (Å²) < 4.78 is 5.07. The summed E-state index contributed by atoms with van der Waals surface area (Å²) in [5, 5.41) is 7.51. The van der Waals surface area contributed by atoms with E-state index in [1.807, 2.05) is 0 Å². The smallest absolute Gasteiger partial charge is 0.354 e. The molecule has 186 valence electrons. The number of hydrazone groups is 1. The minimum absolute atomic E-state index is 0.0388. The number of fused-ring (bicyclic) bond motifs is 2. The average molecular weight is 506 g/mol. The van der Waals surface area contributed by atoms with Crippen LogP contribution < -0.4 is 10.7 Å².